The quantitative estimate of drug-likeness (QED) is 0.841. The molecule has 106 valence electrons. The Kier molecular flexibility index (Phi) is 4.24. The van der Waals surface area contributed by atoms with Crippen LogP contribution in [0.3, 0.4) is 0 Å². The molecular weight excluding hydrogens is 258 g/mol. The van der Waals surface area contributed by atoms with E-state index in [1.54, 1.807) is 12.3 Å². The maximum absolute atomic E-state index is 11.3. The van der Waals surface area contributed by atoms with E-state index in [0.717, 1.165) is 17.9 Å². The third-order valence-corrected chi connectivity index (χ3v) is 2.84. The van der Waals surface area contributed by atoms with Gasteiger partial charge in [0.2, 0.25) is 5.88 Å². The number of hydrogen-bond donors (Lipinski definition) is 2. The molecule has 0 aromatic carbocycles. The van der Waals surface area contributed by atoms with Crippen molar-refractivity contribution < 1.29 is 13.9 Å². The number of furan rings is 1. The van der Waals surface area contributed by atoms with E-state index in [1.807, 2.05) is 19.1 Å². The summed E-state index contributed by atoms with van der Waals surface area (Å²) in [5.41, 5.74) is 6.20. The first-order valence-corrected chi connectivity index (χ1v) is 6.29. The van der Waals surface area contributed by atoms with E-state index >= 15 is 0 Å². The summed E-state index contributed by atoms with van der Waals surface area (Å²) in [7, 11) is 1.44. The Labute approximate surface area is 116 Å². The number of pyridine rings is 1. The van der Waals surface area contributed by atoms with Gasteiger partial charge in [-0.15, -0.1) is 0 Å². The number of nitrogens with zero attached hydrogens (tertiary/aromatic N) is 1. The molecule has 0 radical (unpaired) electrons. The number of hydrogen-bond acceptors (Lipinski definition) is 5. The van der Waals surface area contributed by atoms with Crippen molar-refractivity contribution in [1.29, 1.82) is 0 Å². The van der Waals surface area contributed by atoms with E-state index < -0.39 is 5.91 Å². The molecule has 2 aromatic heterocycles. The summed E-state index contributed by atoms with van der Waals surface area (Å²) in [6, 6.07) is 5.47. The first-order chi connectivity index (χ1) is 9.63. The van der Waals surface area contributed by atoms with Crippen molar-refractivity contribution in [2.24, 2.45) is 5.73 Å². The second-order valence-electron chi connectivity index (χ2n) is 4.22. The van der Waals surface area contributed by atoms with Gasteiger partial charge in [0, 0.05) is 6.42 Å². The first kappa shape index (κ1) is 13.9. The Morgan fingerprint density at radius 1 is 1.45 bits per heavy atom. The average Bonchev–Trinajstić information content (AvgIpc) is 2.92. The molecule has 6 heteroatoms. The molecule has 0 atom stereocenters. The number of carbonyl (C=O) groups is 1. The van der Waals surface area contributed by atoms with E-state index in [9.17, 15) is 4.79 Å². The number of anilines is 1. The van der Waals surface area contributed by atoms with Gasteiger partial charge in [-0.05, 0) is 18.2 Å². The summed E-state index contributed by atoms with van der Waals surface area (Å²) in [5.74, 6) is 1.39. The van der Waals surface area contributed by atoms with Gasteiger partial charge >= 0.3 is 0 Å². The molecule has 0 fully saturated rings. The number of rotatable bonds is 6. The van der Waals surface area contributed by atoms with Crippen molar-refractivity contribution in [1.82, 2.24) is 4.98 Å². The van der Waals surface area contributed by atoms with Crippen LogP contribution in [0.1, 0.15) is 28.8 Å². The highest BCUT2D eigenvalue weighted by Crippen LogP contribution is 2.19. The third kappa shape index (κ3) is 3.09. The average molecular weight is 275 g/mol. The maximum atomic E-state index is 11.3. The molecule has 6 nitrogen and oxygen atoms in total. The van der Waals surface area contributed by atoms with Gasteiger partial charge in [-0.2, -0.15) is 0 Å². The number of ether oxygens (including phenoxy) is 1. The molecule has 0 saturated heterocycles. The van der Waals surface area contributed by atoms with Gasteiger partial charge < -0.3 is 20.2 Å². The fourth-order valence-corrected chi connectivity index (χ4v) is 1.78. The van der Waals surface area contributed by atoms with Crippen LogP contribution in [0.25, 0.3) is 0 Å². The Balaban J connectivity index is 2.09. The van der Waals surface area contributed by atoms with Crippen LogP contribution in [0.5, 0.6) is 5.88 Å². The second-order valence-corrected chi connectivity index (χ2v) is 4.22. The Bertz CT molecular complexity index is 607. The van der Waals surface area contributed by atoms with E-state index in [0.29, 0.717) is 12.2 Å². The predicted octanol–water partition coefficient (Wildman–Crippen LogP) is 1.96. The normalized spacial score (nSPS) is 10.3. The Morgan fingerprint density at radius 2 is 2.20 bits per heavy atom. The molecule has 20 heavy (non-hydrogen) atoms. The highest BCUT2D eigenvalue weighted by molar-refractivity contribution is 5.95. The number of methoxy groups -OCH3 is 1. The Morgan fingerprint density at radius 3 is 2.80 bits per heavy atom. The number of nitrogens with one attached hydrogen (secondary N) is 1. The number of aromatic nitrogens is 1. The highest BCUT2D eigenvalue weighted by atomic mass is 16.5. The summed E-state index contributed by atoms with van der Waals surface area (Å²) < 4.78 is 10.6. The molecule has 2 heterocycles. The lowest BCUT2D eigenvalue weighted by molar-refractivity contribution is 0.0996. The van der Waals surface area contributed by atoms with Crippen molar-refractivity contribution in [3.63, 3.8) is 0 Å². The van der Waals surface area contributed by atoms with Crippen molar-refractivity contribution in [2.45, 2.75) is 19.9 Å². The standard InChI is InChI=1S/C14H17N3O3/c1-3-10-4-5-11(20-10)8-16-9-6-12(13(15)18)14(19-2)17-7-9/h4-7,16H,3,8H2,1-2H3,(H2,15,18). The minimum Gasteiger partial charge on any atom is -0.480 e. The van der Waals surface area contributed by atoms with Crippen LogP contribution in [-0.4, -0.2) is 18.0 Å². The minimum absolute atomic E-state index is 0.217. The maximum Gasteiger partial charge on any atom is 0.254 e. The summed E-state index contributed by atoms with van der Waals surface area (Å²) in [6.07, 6.45) is 2.44. The zero-order valence-corrected chi connectivity index (χ0v) is 11.5. The number of primary amides is 1. The summed E-state index contributed by atoms with van der Waals surface area (Å²) >= 11 is 0. The molecule has 0 aliphatic rings. The number of aryl methyl sites for hydroxylation is 1. The molecule has 0 bridgehead atoms. The van der Waals surface area contributed by atoms with Gasteiger partial charge in [0.15, 0.2) is 0 Å². The molecular formula is C14H17N3O3. The topological polar surface area (TPSA) is 90.4 Å². The van der Waals surface area contributed by atoms with Gasteiger partial charge in [-0.1, -0.05) is 6.92 Å². The highest BCUT2D eigenvalue weighted by Gasteiger charge is 2.11. The molecule has 0 saturated carbocycles. The fourth-order valence-electron chi connectivity index (χ4n) is 1.78. The molecule has 0 aliphatic carbocycles. The third-order valence-electron chi connectivity index (χ3n) is 2.84. The van der Waals surface area contributed by atoms with Crippen molar-refractivity contribution in [3.05, 3.63) is 41.5 Å². The van der Waals surface area contributed by atoms with Gasteiger partial charge in [0.05, 0.1) is 25.5 Å². The molecule has 2 aromatic rings. The van der Waals surface area contributed by atoms with Gasteiger partial charge in [-0.25, -0.2) is 4.98 Å². The van der Waals surface area contributed by atoms with Gasteiger partial charge in [0.1, 0.15) is 17.1 Å². The molecule has 1 amide bonds. The summed E-state index contributed by atoms with van der Waals surface area (Å²) in [5, 5.41) is 3.13. The monoisotopic (exact) mass is 275 g/mol. The zero-order chi connectivity index (χ0) is 14.5. The summed E-state index contributed by atoms with van der Waals surface area (Å²) in [4.78, 5) is 15.3. The van der Waals surface area contributed by atoms with Crippen LogP contribution in [0, 0.1) is 0 Å². The lowest BCUT2D eigenvalue weighted by atomic mass is 10.2. The number of amides is 1. The largest absolute Gasteiger partial charge is 0.480 e. The minimum atomic E-state index is -0.579. The van der Waals surface area contributed by atoms with Crippen LogP contribution < -0.4 is 15.8 Å². The van der Waals surface area contributed by atoms with Crippen LogP contribution in [-0.2, 0) is 13.0 Å². The molecule has 3 N–H and O–H groups in total. The van der Waals surface area contributed by atoms with Crippen LogP contribution in [0.15, 0.2) is 28.8 Å². The van der Waals surface area contributed by atoms with E-state index in [2.05, 4.69) is 10.3 Å². The molecule has 0 spiro atoms. The predicted molar refractivity (Wildman–Crippen MR) is 74.7 cm³/mol. The SMILES string of the molecule is CCc1ccc(CNc2cnc(OC)c(C(N)=O)c2)o1. The summed E-state index contributed by atoms with van der Waals surface area (Å²) in [6.45, 7) is 2.54. The number of carbonyl (C=O) groups excluding carboxylic acids is 1. The second kappa shape index (κ2) is 6.10. The Hall–Kier alpha value is -2.50. The van der Waals surface area contributed by atoms with E-state index in [1.165, 1.54) is 7.11 Å². The molecule has 0 aliphatic heterocycles. The van der Waals surface area contributed by atoms with Gasteiger partial charge in [-0.3, -0.25) is 4.79 Å². The van der Waals surface area contributed by atoms with Crippen molar-refractivity contribution in [2.75, 3.05) is 12.4 Å². The first-order valence-electron chi connectivity index (χ1n) is 6.29. The zero-order valence-electron chi connectivity index (χ0n) is 11.5. The van der Waals surface area contributed by atoms with Crippen LogP contribution in [0.4, 0.5) is 5.69 Å². The molecule has 0 unspecified atom stereocenters. The smallest absolute Gasteiger partial charge is 0.254 e. The van der Waals surface area contributed by atoms with E-state index in [-0.39, 0.29) is 11.4 Å². The lowest BCUT2D eigenvalue weighted by Crippen LogP contribution is -2.14. The lowest BCUT2D eigenvalue weighted by Gasteiger charge is -2.08. The van der Waals surface area contributed by atoms with Crippen molar-refractivity contribution in [3.8, 4) is 5.88 Å². The number of nitrogens with two attached hydrogens (primary N) is 1. The van der Waals surface area contributed by atoms with Gasteiger partial charge in [0.25, 0.3) is 5.91 Å². The van der Waals surface area contributed by atoms with Crippen molar-refractivity contribution >= 4 is 11.6 Å². The van der Waals surface area contributed by atoms with Crippen LogP contribution in [0.2, 0.25) is 0 Å². The van der Waals surface area contributed by atoms with E-state index in [4.69, 9.17) is 14.9 Å². The fraction of sp³-hybridized carbons (Fsp3) is 0.286. The molecule has 2 rings (SSSR count). The van der Waals surface area contributed by atoms with Crippen LogP contribution >= 0.6 is 0 Å².